The highest BCUT2D eigenvalue weighted by Gasteiger charge is 2.13. The number of hydrogen-bond acceptors (Lipinski definition) is 6. The van der Waals surface area contributed by atoms with Gasteiger partial charge in [0.1, 0.15) is 0 Å². The lowest BCUT2D eigenvalue weighted by Gasteiger charge is -2.13. The van der Waals surface area contributed by atoms with Crippen LogP contribution in [-0.2, 0) is 0 Å². The Hall–Kier alpha value is -1.93. The molecule has 1 aromatic carbocycles. The summed E-state index contributed by atoms with van der Waals surface area (Å²) in [5.41, 5.74) is 6.76. The van der Waals surface area contributed by atoms with E-state index in [-0.39, 0.29) is 5.95 Å². The lowest BCUT2D eigenvalue weighted by Crippen LogP contribution is -2.28. The van der Waals surface area contributed by atoms with Crippen LogP contribution in [0.1, 0.15) is 5.56 Å². The predicted octanol–water partition coefficient (Wildman–Crippen LogP) is 1.68. The zero-order chi connectivity index (χ0) is 14.5. The van der Waals surface area contributed by atoms with E-state index in [4.69, 9.17) is 18.0 Å². The number of thioether (sulfide) groups is 1. The molecular weight excluding hydrogens is 292 g/mol. The third-order valence-corrected chi connectivity index (χ3v) is 3.41. The summed E-state index contributed by atoms with van der Waals surface area (Å²) < 4.78 is 1.39. The maximum absolute atomic E-state index is 5.77. The van der Waals surface area contributed by atoms with Crippen LogP contribution in [0.25, 0.3) is 0 Å². The molecule has 0 radical (unpaired) electrons. The number of thiocarbonyl (C=S) groups is 1. The Kier molecular flexibility index (Phi) is 4.70. The molecule has 0 atom stereocenters. The van der Waals surface area contributed by atoms with E-state index in [0.717, 1.165) is 5.56 Å². The Bertz CT molecular complexity index is 622. The third-order valence-electron chi connectivity index (χ3n) is 2.43. The van der Waals surface area contributed by atoms with Crippen molar-refractivity contribution in [3.05, 3.63) is 35.9 Å². The maximum atomic E-state index is 5.77. The predicted molar refractivity (Wildman–Crippen MR) is 86.0 cm³/mol. The van der Waals surface area contributed by atoms with Gasteiger partial charge >= 0.3 is 0 Å². The molecule has 0 aliphatic carbocycles. The van der Waals surface area contributed by atoms with Crippen LogP contribution < -0.4 is 5.73 Å². The summed E-state index contributed by atoms with van der Waals surface area (Å²) >= 11 is 6.69. The number of nitrogens with two attached hydrogens (primary N) is 1. The fraction of sp³-hybridized carbons (Fsp3) is 0.167. The van der Waals surface area contributed by atoms with Gasteiger partial charge in [0.15, 0.2) is 0 Å². The number of rotatable bonds is 3. The van der Waals surface area contributed by atoms with Gasteiger partial charge in [-0.2, -0.15) is 14.8 Å². The van der Waals surface area contributed by atoms with Crippen LogP contribution in [0, 0.1) is 0 Å². The first-order valence-electron chi connectivity index (χ1n) is 5.75. The van der Waals surface area contributed by atoms with Crippen LogP contribution in [-0.4, -0.2) is 44.4 Å². The number of hydrogen-bond donors (Lipinski definition) is 1. The van der Waals surface area contributed by atoms with E-state index in [1.54, 1.807) is 13.3 Å². The van der Waals surface area contributed by atoms with E-state index in [2.05, 4.69) is 15.2 Å². The highest BCUT2D eigenvalue weighted by Crippen LogP contribution is 2.11. The van der Waals surface area contributed by atoms with Gasteiger partial charge in [-0.15, -0.1) is 5.10 Å². The van der Waals surface area contributed by atoms with E-state index in [9.17, 15) is 0 Å². The average molecular weight is 306 g/mol. The number of nitrogen functional groups attached to an aromatic ring is 1. The van der Waals surface area contributed by atoms with E-state index in [1.165, 1.54) is 21.5 Å². The van der Waals surface area contributed by atoms with Crippen LogP contribution in [0.5, 0.6) is 0 Å². The van der Waals surface area contributed by atoms with Gasteiger partial charge in [-0.3, -0.25) is 0 Å². The summed E-state index contributed by atoms with van der Waals surface area (Å²) in [7, 11) is 1.74. The Morgan fingerprint density at radius 3 is 2.75 bits per heavy atom. The minimum Gasteiger partial charge on any atom is -0.368 e. The molecule has 0 saturated carbocycles. The molecule has 2 aromatic rings. The zero-order valence-electron chi connectivity index (χ0n) is 11.1. The van der Waals surface area contributed by atoms with Crippen molar-refractivity contribution in [1.82, 2.24) is 19.8 Å². The van der Waals surface area contributed by atoms with Gasteiger partial charge in [0.05, 0.1) is 6.21 Å². The Labute approximate surface area is 126 Å². The van der Waals surface area contributed by atoms with Gasteiger partial charge in [0.25, 0.3) is 0 Å². The second-order valence-corrected chi connectivity index (χ2v) is 4.97. The van der Waals surface area contributed by atoms with Crippen molar-refractivity contribution in [2.24, 2.45) is 5.10 Å². The molecule has 20 heavy (non-hydrogen) atoms. The molecule has 0 saturated heterocycles. The van der Waals surface area contributed by atoms with Crippen molar-refractivity contribution in [3.8, 4) is 0 Å². The summed E-state index contributed by atoms with van der Waals surface area (Å²) in [5.74, 6) is 0.251. The smallest absolute Gasteiger partial charge is 0.226 e. The van der Waals surface area contributed by atoms with Crippen molar-refractivity contribution in [3.63, 3.8) is 0 Å². The Balaban J connectivity index is 2.12. The molecule has 0 aliphatic heterocycles. The molecule has 0 unspecified atom stereocenters. The molecule has 0 fully saturated rings. The van der Waals surface area contributed by atoms with Gasteiger partial charge in [0.2, 0.25) is 16.2 Å². The molecule has 2 rings (SSSR count). The first kappa shape index (κ1) is 14.5. The van der Waals surface area contributed by atoms with E-state index in [0.29, 0.717) is 10.3 Å². The normalized spacial score (nSPS) is 10.9. The van der Waals surface area contributed by atoms with Gasteiger partial charge in [-0.1, -0.05) is 42.1 Å². The van der Waals surface area contributed by atoms with Crippen molar-refractivity contribution in [2.75, 3.05) is 19.0 Å². The van der Waals surface area contributed by atoms with E-state index < -0.39 is 0 Å². The number of anilines is 1. The van der Waals surface area contributed by atoms with Gasteiger partial charge in [0, 0.05) is 7.05 Å². The SMILES string of the molecule is CSc1nc(N)n(C(=S)N(C)/N=C/c2ccccc2)n1. The summed E-state index contributed by atoms with van der Waals surface area (Å²) in [6.45, 7) is 0. The Morgan fingerprint density at radius 2 is 2.15 bits per heavy atom. The summed E-state index contributed by atoms with van der Waals surface area (Å²) in [6.07, 6.45) is 3.59. The van der Waals surface area contributed by atoms with Crippen LogP contribution in [0.3, 0.4) is 0 Å². The molecule has 0 amide bonds. The van der Waals surface area contributed by atoms with E-state index in [1.807, 2.05) is 36.6 Å². The molecular formula is C12H14N6S2. The molecule has 1 aromatic heterocycles. The minimum atomic E-state index is 0.251. The molecule has 8 heteroatoms. The van der Waals surface area contributed by atoms with Crippen LogP contribution in [0.4, 0.5) is 5.95 Å². The molecule has 0 spiro atoms. The molecule has 104 valence electrons. The third kappa shape index (κ3) is 3.34. The van der Waals surface area contributed by atoms with Crippen molar-refractivity contribution < 1.29 is 0 Å². The number of hydrazone groups is 1. The topological polar surface area (TPSA) is 72.3 Å². The maximum Gasteiger partial charge on any atom is 0.226 e. The second kappa shape index (κ2) is 6.49. The molecule has 2 N–H and O–H groups in total. The van der Waals surface area contributed by atoms with Crippen molar-refractivity contribution in [2.45, 2.75) is 5.16 Å². The first-order valence-corrected chi connectivity index (χ1v) is 7.38. The standard InChI is InChI=1S/C12H14N6S2/c1-17(14-8-9-6-4-3-5-7-9)12(19)18-10(13)15-11(16-18)20-2/h3-8H,1-2H3,(H2,13,15,16)/b14-8+. The fourth-order valence-electron chi connectivity index (χ4n) is 1.41. The van der Waals surface area contributed by atoms with Gasteiger partial charge in [-0.05, 0) is 24.0 Å². The largest absolute Gasteiger partial charge is 0.368 e. The Morgan fingerprint density at radius 1 is 1.45 bits per heavy atom. The fourth-order valence-corrected chi connectivity index (χ4v) is 1.94. The van der Waals surface area contributed by atoms with Crippen LogP contribution in [0.2, 0.25) is 0 Å². The highest BCUT2D eigenvalue weighted by atomic mass is 32.2. The highest BCUT2D eigenvalue weighted by molar-refractivity contribution is 7.98. The summed E-state index contributed by atoms with van der Waals surface area (Å²) in [5, 5.41) is 10.9. The summed E-state index contributed by atoms with van der Waals surface area (Å²) in [6, 6.07) is 9.75. The molecule has 0 bridgehead atoms. The number of aromatic nitrogens is 3. The van der Waals surface area contributed by atoms with Gasteiger partial charge < -0.3 is 5.73 Å². The van der Waals surface area contributed by atoms with Gasteiger partial charge in [-0.25, -0.2) is 5.01 Å². The average Bonchev–Trinajstić information content (AvgIpc) is 2.86. The summed E-state index contributed by atoms with van der Waals surface area (Å²) in [4.78, 5) is 4.08. The minimum absolute atomic E-state index is 0.251. The van der Waals surface area contributed by atoms with Crippen molar-refractivity contribution >= 4 is 41.3 Å². The molecule has 1 heterocycles. The zero-order valence-corrected chi connectivity index (χ0v) is 12.7. The lowest BCUT2D eigenvalue weighted by atomic mass is 10.2. The second-order valence-electron chi connectivity index (χ2n) is 3.83. The lowest BCUT2D eigenvalue weighted by molar-refractivity contribution is 0.530. The number of nitrogens with zero attached hydrogens (tertiary/aromatic N) is 5. The van der Waals surface area contributed by atoms with E-state index >= 15 is 0 Å². The monoisotopic (exact) mass is 306 g/mol. The first-order chi connectivity index (χ1) is 9.61. The van der Waals surface area contributed by atoms with Crippen LogP contribution >= 0.6 is 24.0 Å². The number of benzene rings is 1. The van der Waals surface area contributed by atoms with Crippen molar-refractivity contribution in [1.29, 1.82) is 0 Å². The molecule has 6 nitrogen and oxygen atoms in total. The molecule has 0 aliphatic rings. The van der Waals surface area contributed by atoms with Crippen LogP contribution in [0.15, 0.2) is 40.6 Å². The quantitative estimate of drug-likeness (QED) is 0.402.